The maximum absolute atomic E-state index is 11.2. The van der Waals surface area contributed by atoms with Crippen LogP contribution >= 0.6 is 0 Å². The predicted molar refractivity (Wildman–Crippen MR) is 66.1 cm³/mol. The van der Waals surface area contributed by atoms with E-state index in [1.165, 1.54) is 0 Å². The number of hydrogen-bond donors (Lipinski definition) is 2. The van der Waals surface area contributed by atoms with Crippen LogP contribution < -0.4 is 15.0 Å². The highest BCUT2D eigenvalue weighted by atomic mass is 16.5. The normalized spacial score (nSPS) is 15.1. The second kappa shape index (κ2) is 4.56. The molecule has 1 atom stereocenters. The molecule has 1 amide bonds. The number of hydrogen-bond acceptors (Lipinski definition) is 4. The molecule has 1 aliphatic rings. The lowest BCUT2D eigenvalue weighted by molar-refractivity contribution is -0.138. The zero-order valence-corrected chi connectivity index (χ0v) is 10.1. The number of anilines is 2. The van der Waals surface area contributed by atoms with Crippen LogP contribution in [0, 0.1) is 0 Å². The van der Waals surface area contributed by atoms with Crippen molar-refractivity contribution in [3.05, 3.63) is 18.2 Å². The number of carboxylic acid groups (broad SMARTS) is 1. The number of benzene rings is 1. The van der Waals surface area contributed by atoms with Gasteiger partial charge in [0.2, 0.25) is 0 Å². The molecule has 0 fully saturated rings. The van der Waals surface area contributed by atoms with E-state index in [1.807, 2.05) is 0 Å². The first-order valence-corrected chi connectivity index (χ1v) is 5.51. The molecule has 18 heavy (non-hydrogen) atoms. The fraction of sp³-hybridized carbons (Fsp3) is 0.333. The van der Waals surface area contributed by atoms with Crippen molar-refractivity contribution in [2.75, 3.05) is 23.9 Å². The van der Waals surface area contributed by atoms with Crippen LogP contribution in [0.15, 0.2) is 18.2 Å². The van der Waals surface area contributed by atoms with Gasteiger partial charge in [0.15, 0.2) is 6.61 Å². The molecule has 0 aliphatic carbocycles. The summed E-state index contributed by atoms with van der Waals surface area (Å²) in [5.41, 5.74) is 1.27. The molecule has 1 heterocycles. The van der Waals surface area contributed by atoms with Crippen LogP contribution in [-0.4, -0.2) is 36.7 Å². The van der Waals surface area contributed by atoms with Crippen LogP contribution in [0.3, 0.4) is 0 Å². The molecule has 6 nitrogen and oxygen atoms in total. The lowest BCUT2D eigenvalue weighted by Gasteiger charge is -2.26. The standard InChI is InChI=1S/C12H14N2O4/c1-7(12(16)17)14(2)8-3-4-10-9(5-8)13-11(15)6-18-10/h3-5,7H,6H2,1-2H3,(H,13,15)(H,16,17). The van der Waals surface area contributed by atoms with Crippen LogP contribution in [0.2, 0.25) is 0 Å². The summed E-state index contributed by atoms with van der Waals surface area (Å²) >= 11 is 0. The van der Waals surface area contributed by atoms with Gasteiger partial charge in [-0.3, -0.25) is 4.79 Å². The summed E-state index contributed by atoms with van der Waals surface area (Å²) in [4.78, 5) is 23.7. The molecule has 0 bridgehead atoms. The van der Waals surface area contributed by atoms with E-state index in [0.29, 0.717) is 17.1 Å². The van der Waals surface area contributed by atoms with E-state index in [2.05, 4.69) is 5.32 Å². The van der Waals surface area contributed by atoms with Gasteiger partial charge in [0.1, 0.15) is 11.8 Å². The van der Waals surface area contributed by atoms with Gasteiger partial charge in [0.05, 0.1) is 5.69 Å². The monoisotopic (exact) mass is 250 g/mol. The lowest BCUT2D eigenvalue weighted by atomic mass is 10.2. The molecule has 0 radical (unpaired) electrons. The Morgan fingerprint density at radius 2 is 2.28 bits per heavy atom. The number of carboxylic acids is 1. The second-order valence-electron chi connectivity index (χ2n) is 4.14. The number of nitrogens with one attached hydrogen (secondary N) is 1. The largest absolute Gasteiger partial charge is 0.482 e. The minimum Gasteiger partial charge on any atom is -0.482 e. The minimum absolute atomic E-state index is 0.00765. The van der Waals surface area contributed by atoms with Crippen molar-refractivity contribution in [1.82, 2.24) is 0 Å². The number of fused-ring (bicyclic) bond motifs is 1. The van der Waals surface area contributed by atoms with E-state index in [4.69, 9.17) is 9.84 Å². The van der Waals surface area contributed by atoms with E-state index in [1.54, 1.807) is 37.1 Å². The molecule has 1 aliphatic heterocycles. The highest BCUT2D eigenvalue weighted by Gasteiger charge is 2.20. The van der Waals surface area contributed by atoms with Crippen molar-refractivity contribution >= 4 is 23.3 Å². The molecule has 1 aromatic carbocycles. The number of ether oxygens (including phenoxy) is 1. The van der Waals surface area contributed by atoms with Gasteiger partial charge < -0.3 is 20.1 Å². The number of amides is 1. The molecule has 0 aromatic heterocycles. The first kappa shape index (κ1) is 12.2. The Labute approximate surface area is 104 Å². The summed E-state index contributed by atoms with van der Waals surface area (Å²) < 4.78 is 5.23. The Hall–Kier alpha value is -2.24. The lowest BCUT2D eigenvalue weighted by Crippen LogP contribution is -2.36. The Balaban J connectivity index is 2.28. The topological polar surface area (TPSA) is 78.9 Å². The van der Waals surface area contributed by atoms with Crippen molar-refractivity contribution < 1.29 is 19.4 Å². The van der Waals surface area contributed by atoms with Gasteiger partial charge in [-0.2, -0.15) is 0 Å². The van der Waals surface area contributed by atoms with Gasteiger partial charge >= 0.3 is 5.97 Å². The smallest absolute Gasteiger partial charge is 0.326 e. The van der Waals surface area contributed by atoms with Gasteiger partial charge in [-0.1, -0.05) is 0 Å². The molecular formula is C12H14N2O4. The molecule has 96 valence electrons. The quantitative estimate of drug-likeness (QED) is 0.834. The van der Waals surface area contributed by atoms with Crippen molar-refractivity contribution in [2.45, 2.75) is 13.0 Å². The number of carbonyl (C=O) groups excluding carboxylic acids is 1. The van der Waals surface area contributed by atoms with Gasteiger partial charge in [0, 0.05) is 12.7 Å². The van der Waals surface area contributed by atoms with E-state index in [-0.39, 0.29) is 12.5 Å². The maximum atomic E-state index is 11.2. The van der Waals surface area contributed by atoms with E-state index >= 15 is 0 Å². The average molecular weight is 250 g/mol. The van der Waals surface area contributed by atoms with Crippen molar-refractivity contribution in [2.24, 2.45) is 0 Å². The SMILES string of the molecule is CC(C(=O)O)N(C)c1ccc2c(c1)NC(=O)CO2. The van der Waals surface area contributed by atoms with Crippen LogP contribution in [0.4, 0.5) is 11.4 Å². The third kappa shape index (κ3) is 2.22. The van der Waals surface area contributed by atoms with Gasteiger partial charge in [-0.15, -0.1) is 0 Å². The molecule has 6 heteroatoms. The number of rotatable bonds is 3. The zero-order valence-electron chi connectivity index (χ0n) is 10.1. The molecule has 1 unspecified atom stereocenters. The number of likely N-dealkylation sites (N-methyl/N-ethyl adjacent to an activating group) is 1. The molecule has 1 aromatic rings. The number of nitrogens with zero attached hydrogens (tertiary/aromatic N) is 1. The maximum Gasteiger partial charge on any atom is 0.326 e. The first-order chi connectivity index (χ1) is 8.49. The van der Waals surface area contributed by atoms with Crippen LogP contribution in [0.5, 0.6) is 5.75 Å². The molecule has 0 spiro atoms. The summed E-state index contributed by atoms with van der Waals surface area (Å²) in [6.45, 7) is 1.60. The predicted octanol–water partition coefficient (Wildman–Crippen LogP) is 0.927. The number of carbonyl (C=O) groups is 2. The van der Waals surface area contributed by atoms with Gasteiger partial charge in [-0.25, -0.2) is 4.79 Å². The molecule has 0 saturated carbocycles. The van der Waals surface area contributed by atoms with Gasteiger partial charge in [0.25, 0.3) is 5.91 Å². The average Bonchev–Trinajstić information content (AvgIpc) is 2.35. The summed E-state index contributed by atoms with van der Waals surface area (Å²) in [6.07, 6.45) is 0. The highest BCUT2D eigenvalue weighted by Crippen LogP contribution is 2.32. The second-order valence-corrected chi connectivity index (χ2v) is 4.14. The summed E-state index contributed by atoms with van der Waals surface area (Å²) in [6, 6.07) is 4.53. The summed E-state index contributed by atoms with van der Waals surface area (Å²) in [5, 5.41) is 11.6. The van der Waals surface area contributed by atoms with Crippen molar-refractivity contribution in [3.8, 4) is 5.75 Å². The fourth-order valence-corrected chi connectivity index (χ4v) is 1.68. The summed E-state index contributed by atoms with van der Waals surface area (Å²) in [5.74, 6) is -0.529. The van der Waals surface area contributed by atoms with E-state index < -0.39 is 12.0 Å². The molecule has 2 N–H and O–H groups in total. The van der Waals surface area contributed by atoms with Crippen LogP contribution in [0.1, 0.15) is 6.92 Å². The molecule has 0 saturated heterocycles. The van der Waals surface area contributed by atoms with Gasteiger partial charge in [-0.05, 0) is 25.1 Å². The van der Waals surface area contributed by atoms with E-state index in [0.717, 1.165) is 0 Å². The Morgan fingerprint density at radius 3 is 2.94 bits per heavy atom. The van der Waals surface area contributed by atoms with Crippen LogP contribution in [0.25, 0.3) is 0 Å². The Kier molecular flexibility index (Phi) is 3.10. The zero-order chi connectivity index (χ0) is 13.3. The highest BCUT2D eigenvalue weighted by molar-refractivity contribution is 5.96. The van der Waals surface area contributed by atoms with E-state index in [9.17, 15) is 9.59 Å². The van der Waals surface area contributed by atoms with Crippen LogP contribution in [-0.2, 0) is 9.59 Å². The third-order valence-electron chi connectivity index (χ3n) is 2.94. The van der Waals surface area contributed by atoms with Crippen molar-refractivity contribution in [1.29, 1.82) is 0 Å². The van der Waals surface area contributed by atoms with Crippen molar-refractivity contribution in [3.63, 3.8) is 0 Å². The Morgan fingerprint density at radius 1 is 1.56 bits per heavy atom. The Bertz CT molecular complexity index is 501. The number of aliphatic carboxylic acids is 1. The molecular weight excluding hydrogens is 236 g/mol. The third-order valence-corrected chi connectivity index (χ3v) is 2.94. The minimum atomic E-state index is -0.907. The first-order valence-electron chi connectivity index (χ1n) is 5.51. The fourth-order valence-electron chi connectivity index (χ4n) is 1.68. The summed E-state index contributed by atoms with van der Waals surface area (Å²) in [7, 11) is 1.69. The molecule has 2 rings (SSSR count).